The van der Waals surface area contributed by atoms with Gasteiger partial charge in [0, 0.05) is 12.8 Å². The van der Waals surface area contributed by atoms with Gasteiger partial charge in [0.25, 0.3) is 0 Å². The molecule has 0 aliphatic heterocycles. The van der Waals surface area contributed by atoms with Crippen molar-refractivity contribution in [1.82, 2.24) is 0 Å². The summed E-state index contributed by atoms with van der Waals surface area (Å²) in [7, 11) is 0. The van der Waals surface area contributed by atoms with Gasteiger partial charge in [-0.3, -0.25) is 0 Å². The molecule has 0 aromatic heterocycles. The molecule has 3 atom stereocenters. The van der Waals surface area contributed by atoms with Crippen molar-refractivity contribution in [2.75, 3.05) is 0 Å². The first-order chi connectivity index (χ1) is 5.37. The van der Waals surface area contributed by atoms with Gasteiger partial charge in [-0.2, -0.15) is 0 Å². The molecule has 3 nitrogen and oxygen atoms in total. The SMILES string of the molecule is CCC(O)CC(C)(O)CC(C)O. The Morgan fingerprint density at radius 2 is 1.75 bits per heavy atom. The molecule has 3 heteroatoms. The van der Waals surface area contributed by atoms with E-state index < -0.39 is 17.8 Å². The third-order valence-corrected chi connectivity index (χ3v) is 1.88. The Balaban J connectivity index is 3.85. The summed E-state index contributed by atoms with van der Waals surface area (Å²) in [4.78, 5) is 0. The molecular weight excluding hydrogens is 156 g/mol. The molecule has 3 unspecified atom stereocenters. The van der Waals surface area contributed by atoms with Gasteiger partial charge in [0.1, 0.15) is 0 Å². The molecule has 0 fully saturated rings. The fraction of sp³-hybridized carbons (Fsp3) is 1.00. The van der Waals surface area contributed by atoms with E-state index in [-0.39, 0.29) is 0 Å². The maximum atomic E-state index is 9.67. The molecule has 0 radical (unpaired) electrons. The number of aliphatic hydroxyl groups is 3. The normalized spacial score (nSPS) is 21.5. The van der Waals surface area contributed by atoms with E-state index in [1.54, 1.807) is 13.8 Å². The van der Waals surface area contributed by atoms with Gasteiger partial charge >= 0.3 is 0 Å². The highest BCUT2D eigenvalue weighted by atomic mass is 16.3. The zero-order chi connectivity index (χ0) is 9.78. The third kappa shape index (κ3) is 5.52. The summed E-state index contributed by atoms with van der Waals surface area (Å²) < 4.78 is 0. The molecule has 12 heavy (non-hydrogen) atoms. The van der Waals surface area contributed by atoms with Crippen LogP contribution in [0.2, 0.25) is 0 Å². The summed E-state index contributed by atoms with van der Waals surface area (Å²) in [5, 5.41) is 28.0. The minimum absolute atomic E-state index is 0.310. The first kappa shape index (κ1) is 11.9. The lowest BCUT2D eigenvalue weighted by Gasteiger charge is -2.26. The zero-order valence-electron chi connectivity index (χ0n) is 8.12. The lowest BCUT2D eigenvalue weighted by Crippen LogP contribution is -2.33. The molecule has 0 rings (SSSR count). The Morgan fingerprint density at radius 1 is 1.25 bits per heavy atom. The highest BCUT2D eigenvalue weighted by molar-refractivity contribution is 4.77. The van der Waals surface area contributed by atoms with E-state index in [1.807, 2.05) is 6.92 Å². The van der Waals surface area contributed by atoms with Gasteiger partial charge in [-0.15, -0.1) is 0 Å². The van der Waals surface area contributed by atoms with E-state index in [1.165, 1.54) is 0 Å². The van der Waals surface area contributed by atoms with Crippen molar-refractivity contribution in [3.05, 3.63) is 0 Å². The smallest absolute Gasteiger partial charge is 0.0668 e. The first-order valence-corrected chi connectivity index (χ1v) is 4.46. The Morgan fingerprint density at radius 3 is 2.08 bits per heavy atom. The van der Waals surface area contributed by atoms with E-state index in [0.717, 1.165) is 0 Å². The Hall–Kier alpha value is -0.120. The third-order valence-electron chi connectivity index (χ3n) is 1.88. The summed E-state index contributed by atoms with van der Waals surface area (Å²) in [5.41, 5.74) is -0.955. The summed E-state index contributed by atoms with van der Waals surface area (Å²) >= 11 is 0. The lowest BCUT2D eigenvalue weighted by molar-refractivity contribution is -0.0288. The molecule has 0 aromatic rings. The molecule has 0 saturated carbocycles. The average Bonchev–Trinajstić information content (AvgIpc) is 1.83. The van der Waals surface area contributed by atoms with Crippen molar-refractivity contribution >= 4 is 0 Å². The second kappa shape index (κ2) is 4.80. The van der Waals surface area contributed by atoms with Crippen LogP contribution in [0.3, 0.4) is 0 Å². The Bertz CT molecular complexity index is 121. The second-order valence-corrected chi connectivity index (χ2v) is 3.82. The molecule has 0 aliphatic carbocycles. The quantitative estimate of drug-likeness (QED) is 0.577. The van der Waals surface area contributed by atoms with Crippen LogP contribution in [-0.2, 0) is 0 Å². The van der Waals surface area contributed by atoms with Gasteiger partial charge in [0.2, 0.25) is 0 Å². The highest BCUT2D eigenvalue weighted by Crippen LogP contribution is 2.19. The maximum absolute atomic E-state index is 9.67. The lowest BCUT2D eigenvalue weighted by atomic mass is 9.91. The van der Waals surface area contributed by atoms with Crippen LogP contribution in [0.4, 0.5) is 0 Å². The van der Waals surface area contributed by atoms with E-state index >= 15 is 0 Å². The molecule has 0 heterocycles. The molecule has 0 amide bonds. The number of hydrogen-bond acceptors (Lipinski definition) is 3. The van der Waals surface area contributed by atoms with Crippen molar-refractivity contribution in [3.8, 4) is 0 Å². The van der Waals surface area contributed by atoms with Gasteiger partial charge in [-0.05, 0) is 20.3 Å². The standard InChI is InChI=1S/C9H20O3/c1-4-8(11)6-9(3,12)5-7(2)10/h7-8,10-12H,4-6H2,1-3H3. The molecule has 74 valence electrons. The van der Waals surface area contributed by atoms with Gasteiger partial charge < -0.3 is 15.3 Å². The summed E-state index contributed by atoms with van der Waals surface area (Å²) in [5.74, 6) is 0. The van der Waals surface area contributed by atoms with E-state index in [4.69, 9.17) is 5.11 Å². The van der Waals surface area contributed by atoms with Crippen molar-refractivity contribution in [2.45, 2.75) is 57.8 Å². The fourth-order valence-electron chi connectivity index (χ4n) is 1.37. The predicted octanol–water partition coefficient (Wildman–Crippen LogP) is 0.669. The molecule has 0 saturated heterocycles. The van der Waals surface area contributed by atoms with Crippen LogP contribution in [0.25, 0.3) is 0 Å². The monoisotopic (exact) mass is 176 g/mol. The minimum Gasteiger partial charge on any atom is -0.393 e. The van der Waals surface area contributed by atoms with Crippen molar-refractivity contribution in [2.24, 2.45) is 0 Å². The summed E-state index contributed by atoms with van der Waals surface area (Å²) in [6.07, 6.45) is 0.275. The van der Waals surface area contributed by atoms with Crippen molar-refractivity contribution in [1.29, 1.82) is 0 Å². The van der Waals surface area contributed by atoms with Gasteiger partial charge in [-0.25, -0.2) is 0 Å². The van der Waals surface area contributed by atoms with Gasteiger partial charge in [-0.1, -0.05) is 6.92 Å². The van der Waals surface area contributed by atoms with Gasteiger partial charge in [0.05, 0.1) is 17.8 Å². The molecule has 0 bridgehead atoms. The number of rotatable bonds is 5. The van der Waals surface area contributed by atoms with E-state index in [9.17, 15) is 10.2 Å². The number of hydrogen-bond donors (Lipinski definition) is 3. The first-order valence-electron chi connectivity index (χ1n) is 4.46. The summed E-state index contributed by atoms with van der Waals surface area (Å²) in [6.45, 7) is 5.13. The predicted molar refractivity (Wildman–Crippen MR) is 47.8 cm³/mol. The molecule has 3 N–H and O–H groups in total. The largest absolute Gasteiger partial charge is 0.393 e. The van der Waals surface area contributed by atoms with Crippen LogP contribution in [0.15, 0.2) is 0 Å². The molecular formula is C9H20O3. The van der Waals surface area contributed by atoms with Gasteiger partial charge in [0.15, 0.2) is 0 Å². The highest BCUT2D eigenvalue weighted by Gasteiger charge is 2.25. The minimum atomic E-state index is -0.955. The van der Waals surface area contributed by atoms with Crippen LogP contribution >= 0.6 is 0 Å². The van der Waals surface area contributed by atoms with E-state index in [0.29, 0.717) is 19.3 Å². The van der Waals surface area contributed by atoms with Crippen LogP contribution in [0, 0.1) is 0 Å². The van der Waals surface area contributed by atoms with E-state index in [2.05, 4.69) is 0 Å². The van der Waals surface area contributed by atoms with Crippen molar-refractivity contribution in [3.63, 3.8) is 0 Å². The topological polar surface area (TPSA) is 60.7 Å². The van der Waals surface area contributed by atoms with Crippen LogP contribution in [0.5, 0.6) is 0 Å². The maximum Gasteiger partial charge on any atom is 0.0668 e. The van der Waals surface area contributed by atoms with Crippen LogP contribution < -0.4 is 0 Å². The molecule has 0 aliphatic rings. The molecule has 0 spiro atoms. The Kier molecular flexibility index (Phi) is 4.75. The average molecular weight is 176 g/mol. The Labute approximate surface area is 74.0 Å². The van der Waals surface area contributed by atoms with Crippen molar-refractivity contribution < 1.29 is 15.3 Å². The zero-order valence-corrected chi connectivity index (χ0v) is 8.12. The second-order valence-electron chi connectivity index (χ2n) is 3.82. The number of aliphatic hydroxyl groups excluding tert-OH is 2. The fourth-order valence-corrected chi connectivity index (χ4v) is 1.37. The molecule has 0 aromatic carbocycles. The van der Waals surface area contributed by atoms with Crippen LogP contribution in [-0.4, -0.2) is 33.1 Å². The van der Waals surface area contributed by atoms with Crippen LogP contribution in [0.1, 0.15) is 40.0 Å². The summed E-state index contributed by atoms with van der Waals surface area (Å²) in [6, 6.07) is 0.